The molecule has 0 amide bonds. The predicted molar refractivity (Wildman–Crippen MR) is 117 cm³/mol. The van der Waals surface area contributed by atoms with Crippen molar-refractivity contribution < 1.29 is 9.66 Å². The molecule has 0 fully saturated rings. The zero-order valence-corrected chi connectivity index (χ0v) is 17.8. The number of aliphatic imine (C=N–C) groups is 1. The molecule has 3 N–H and O–H groups in total. The molecule has 0 aromatic heterocycles. The van der Waals surface area contributed by atoms with Gasteiger partial charge in [0.05, 0.1) is 4.92 Å². The van der Waals surface area contributed by atoms with E-state index in [0.717, 1.165) is 45.1 Å². The van der Waals surface area contributed by atoms with Crippen LogP contribution in [0.25, 0.3) is 0 Å². The Balaban J connectivity index is 0.00000625. The number of nitrogens with one attached hydrogen (secondary N) is 3. The molecule has 0 heterocycles. The Morgan fingerprint density at radius 1 is 1.19 bits per heavy atom. The van der Waals surface area contributed by atoms with E-state index < -0.39 is 0 Å². The third-order valence-electron chi connectivity index (χ3n) is 3.35. The Hall–Kier alpha value is -1.62. The predicted octanol–water partition coefficient (Wildman–Crippen LogP) is 3.00. The van der Waals surface area contributed by atoms with Crippen LogP contribution in [0.4, 0.5) is 11.4 Å². The quantitative estimate of drug-likeness (QED) is 0.106. The van der Waals surface area contributed by atoms with Crippen molar-refractivity contribution in [3.8, 4) is 0 Å². The van der Waals surface area contributed by atoms with Crippen molar-refractivity contribution in [2.24, 2.45) is 4.99 Å². The molecular formula is C17H30IN5O3. The second-order valence-electron chi connectivity index (χ2n) is 5.29. The molecule has 0 atom stereocenters. The first-order chi connectivity index (χ1) is 12.2. The van der Waals surface area contributed by atoms with Gasteiger partial charge in [-0.25, -0.2) is 0 Å². The Morgan fingerprint density at radius 3 is 2.65 bits per heavy atom. The van der Waals surface area contributed by atoms with Gasteiger partial charge in [-0.2, -0.15) is 0 Å². The largest absolute Gasteiger partial charge is 0.382 e. The van der Waals surface area contributed by atoms with Crippen LogP contribution in [0.15, 0.2) is 29.3 Å². The molecule has 0 aliphatic carbocycles. The number of rotatable bonds is 12. The fourth-order valence-electron chi connectivity index (χ4n) is 2.15. The minimum Gasteiger partial charge on any atom is -0.382 e. The highest BCUT2D eigenvalue weighted by molar-refractivity contribution is 14.0. The van der Waals surface area contributed by atoms with Crippen LogP contribution in [0.1, 0.15) is 26.7 Å². The van der Waals surface area contributed by atoms with Gasteiger partial charge < -0.3 is 20.7 Å². The van der Waals surface area contributed by atoms with E-state index in [4.69, 9.17) is 4.74 Å². The summed E-state index contributed by atoms with van der Waals surface area (Å²) in [5, 5.41) is 20.5. The summed E-state index contributed by atoms with van der Waals surface area (Å²) in [6, 6.07) is 6.62. The molecule has 0 aliphatic rings. The SMILES string of the molecule is CCNC(=NCCCCOCC)NCCNc1ccccc1[N+](=O)[O-].I. The second-order valence-corrected chi connectivity index (χ2v) is 5.29. The van der Waals surface area contributed by atoms with E-state index in [1.54, 1.807) is 18.2 Å². The van der Waals surface area contributed by atoms with Crippen molar-refractivity contribution in [3.05, 3.63) is 34.4 Å². The van der Waals surface area contributed by atoms with Crippen LogP contribution in [0, 0.1) is 10.1 Å². The number of hydrogen-bond acceptors (Lipinski definition) is 5. The van der Waals surface area contributed by atoms with Gasteiger partial charge in [0.1, 0.15) is 5.69 Å². The van der Waals surface area contributed by atoms with Gasteiger partial charge in [-0.05, 0) is 32.8 Å². The van der Waals surface area contributed by atoms with Gasteiger partial charge >= 0.3 is 0 Å². The van der Waals surface area contributed by atoms with Crippen molar-refractivity contribution >= 4 is 41.3 Å². The first-order valence-corrected chi connectivity index (χ1v) is 8.76. The topological polar surface area (TPSA) is 101 Å². The molecule has 0 unspecified atom stereocenters. The Kier molecular flexibility index (Phi) is 14.6. The van der Waals surface area contributed by atoms with Crippen LogP contribution in [0.3, 0.4) is 0 Å². The maximum atomic E-state index is 11.0. The molecule has 0 bridgehead atoms. The monoisotopic (exact) mass is 479 g/mol. The average Bonchev–Trinajstić information content (AvgIpc) is 2.61. The lowest BCUT2D eigenvalue weighted by Crippen LogP contribution is -2.39. The number of ether oxygens (including phenoxy) is 1. The lowest BCUT2D eigenvalue weighted by molar-refractivity contribution is -0.384. The van der Waals surface area contributed by atoms with Crippen molar-refractivity contribution in [2.75, 3.05) is 44.7 Å². The van der Waals surface area contributed by atoms with Gasteiger partial charge in [0.15, 0.2) is 5.96 Å². The Labute approximate surface area is 172 Å². The molecule has 1 aromatic rings. The van der Waals surface area contributed by atoms with E-state index >= 15 is 0 Å². The number of para-hydroxylation sites is 2. The molecule has 26 heavy (non-hydrogen) atoms. The van der Waals surface area contributed by atoms with Gasteiger partial charge in [-0.1, -0.05) is 12.1 Å². The molecule has 148 valence electrons. The number of halogens is 1. The number of nitro benzene ring substituents is 1. The van der Waals surface area contributed by atoms with E-state index in [1.165, 1.54) is 6.07 Å². The fourth-order valence-corrected chi connectivity index (χ4v) is 2.15. The van der Waals surface area contributed by atoms with E-state index in [1.807, 2.05) is 13.8 Å². The standard InChI is InChI=1S/C17H29N5O3.HI/c1-3-18-17(20-11-7-8-14-25-4-2)21-13-12-19-15-9-5-6-10-16(15)22(23)24;/h5-6,9-10,19H,3-4,7-8,11-14H2,1-2H3,(H2,18,20,21);1H. The molecule has 0 saturated heterocycles. The number of hydrogen-bond donors (Lipinski definition) is 3. The van der Waals surface area contributed by atoms with Gasteiger partial charge in [0.2, 0.25) is 0 Å². The fraction of sp³-hybridized carbons (Fsp3) is 0.588. The number of nitrogens with zero attached hydrogens (tertiary/aromatic N) is 2. The van der Waals surface area contributed by atoms with Crippen molar-refractivity contribution in [1.82, 2.24) is 10.6 Å². The van der Waals surface area contributed by atoms with E-state index in [9.17, 15) is 10.1 Å². The second kappa shape index (κ2) is 15.6. The van der Waals surface area contributed by atoms with Crippen molar-refractivity contribution in [2.45, 2.75) is 26.7 Å². The molecular weight excluding hydrogens is 449 g/mol. The van der Waals surface area contributed by atoms with Gasteiger partial charge in [-0.15, -0.1) is 24.0 Å². The van der Waals surface area contributed by atoms with Gasteiger partial charge in [0, 0.05) is 45.5 Å². The lowest BCUT2D eigenvalue weighted by Gasteiger charge is -2.12. The minimum absolute atomic E-state index is 0. The number of guanidine groups is 1. The molecule has 9 heteroatoms. The summed E-state index contributed by atoms with van der Waals surface area (Å²) in [4.78, 5) is 15.1. The molecule has 1 aromatic carbocycles. The summed E-state index contributed by atoms with van der Waals surface area (Å²) in [6.45, 7) is 8.20. The summed E-state index contributed by atoms with van der Waals surface area (Å²) < 4.78 is 5.30. The van der Waals surface area contributed by atoms with Crippen LogP contribution in [0.2, 0.25) is 0 Å². The van der Waals surface area contributed by atoms with Gasteiger partial charge in [0.25, 0.3) is 5.69 Å². The Bertz CT molecular complexity index is 543. The average molecular weight is 479 g/mol. The van der Waals surface area contributed by atoms with Crippen LogP contribution < -0.4 is 16.0 Å². The number of benzene rings is 1. The number of unbranched alkanes of at least 4 members (excludes halogenated alkanes) is 1. The highest BCUT2D eigenvalue weighted by Gasteiger charge is 2.11. The van der Waals surface area contributed by atoms with Crippen LogP contribution >= 0.6 is 24.0 Å². The third-order valence-corrected chi connectivity index (χ3v) is 3.35. The van der Waals surface area contributed by atoms with E-state index in [2.05, 4.69) is 20.9 Å². The minimum atomic E-state index is -0.385. The third kappa shape index (κ3) is 10.4. The molecule has 0 aliphatic heterocycles. The number of nitro groups is 1. The maximum absolute atomic E-state index is 11.0. The zero-order chi connectivity index (χ0) is 18.3. The normalized spacial score (nSPS) is 10.8. The zero-order valence-electron chi connectivity index (χ0n) is 15.5. The first-order valence-electron chi connectivity index (χ1n) is 8.76. The van der Waals surface area contributed by atoms with Crippen molar-refractivity contribution in [1.29, 1.82) is 0 Å². The molecule has 1 rings (SSSR count). The van der Waals surface area contributed by atoms with E-state index in [0.29, 0.717) is 18.8 Å². The van der Waals surface area contributed by atoms with Crippen molar-refractivity contribution in [3.63, 3.8) is 0 Å². The highest BCUT2D eigenvalue weighted by atomic mass is 127. The molecule has 0 saturated carbocycles. The van der Waals surface area contributed by atoms with E-state index in [-0.39, 0.29) is 34.6 Å². The highest BCUT2D eigenvalue weighted by Crippen LogP contribution is 2.22. The smallest absolute Gasteiger partial charge is 0.292 e. The van der Waals surface area contributed by atoms with Crippen LogP contribution in [-0.4, -0.2) is 50.3 Å². The summed E-state index contributed by atoms with van der Waals surface area (Å²) >= 11 is 0. The molecule has 0 radical (unpaired) electrons. The van der Waals surface area contributed by atoms with Gasteiger partial charge in [-0.3, -0.25) is 15.1 Å². The Morgan fingerprint density at radius 2 is 1.96 bits per heavy atom. The molecule has 0 spiro atoms. The van der Waals surface area contributed by atoms with Crippen LogP contribution in [0.5, 0.6) is 0 Å². The number of anilines is 1. The summed E-state index contributed by atoms with van der Waals surface area (Å²) in [6.07, 6.45) is 1.97. The maximum Gasteiger partial charge on any atom is 0.292 e. The first kappa shape index (κ1) is 24.4. The molecule has 8 nitrogen and oxygen atoms in total. The summed E-state index contributed by atoms with van der Waals surface area (Å²) in [7, 11) is 0. The summed E-state index contributed by atoms with van der Waals surface area (Å²) in [5.41, 5.74) is 0.601. The summed E-state index contributed by atoms with van der Waals surface area (Å²) in [5.74, 6) is 0.753. The van der Waals surface area contributed by atoms with Crippen LogP contribution in [-0.2, 0) is 4.74 Å². The lowest BCUT2D eigenvalue weighted by atomic mass is 10.2.